The van der Waals surface area contributed by atoms with Crippen LogP contribution in [0.1, 0.15) is 11.1 Å². The van der Waals surface area contributed by atoms with E-state index in [4.69, 9.17) is 9.84 Å². The van der Waals surface area contributed by atoms with Crippen LogP contribution in [0, 0.1) is 6.92 Å². The van der Waals surface area contributed by atoms with Gasteiger partial charge in [-0.3, -0.25) is 0 Å². The molecule has 0 aromatic heterocycles. The first-order valence-electron chi connectivity index (χ1n) is 4.29. The maximum absolute atomic E-state index is 10.4. The fourth-order valence-corrected chi connectivity index (χ4v) is 1.79. The number of carbonyl (C=O) groups is 1. The molecule has 1 aromatic carbocycles. The van der Waals surface area contributed by atoms with Crippen molar-refractivity contribution >= 4 is 28.0 Å². The molecule has 0 amide bonds. The van der Waals surface area contributed by atoms with Crippen LogP contribution < -0.4 is 4.74 Å². The van der Waals surface area contributed by atoms with Crippen molar-refractivity contribution in [3.63, 3.8) is 0 Å². The number of rotatable bonds is 3. The zero-order valence-corrected chi connectivity index (χ0v) is 10.0. The Morgan fingerprint density at radius 3 is 2.73 bits per heavy atom. The van der Waals surface area contributed by atoms with Crippen molar-refractivity contribution in [2.24, 2.45) is 0 Å². The minimum absolute atomic E-state index is 0.686. The maximum atomic E-state index is 10.4. The molecule has 0 spiro atoms. The Balaban J connectivity index is 3.13. The minimum atomic E-state index is -0.962. The first-order chi connectivity index (χ1) is 7.04. The van der Waals surface area contributed by atoms with Gasteiger partial charge in [0, 0.05) is 6.08 Å². The highest BCUT2D eigenvalue weighted by Crippen LogP contribution is 2.28. The van der Waals surface area contributed by atoms with Gasteiger partial charge in [0.2, 0.25) is 0 Å². The number of carboxylic acids is 1. The second-order valence-corrected chi connectivity index (χ2v) is 3.87. The van der Waals surface area contributed by atoms with Gasteiger partial charge in [-0.05, 0) is 52.2 Å². The molecule has 0 saturated carbocycles. The third kappa shape index (κ3) is 3.09. The van der Waals surface area contributed by atoms with Crippen LogP contribution >= 0.6 is 15.9 Å². The molecule has 0 heterocycles. The number of carboxylic acid groups (broad SMARTS) is 1. The van der Waals surface area contributed by atoms with E-state index in [0.29, 0.717) is 5.75 Å². The van der Waals surface area contributed by atoms with Crippen LogP contribution in [0.25, 0.3) is 6.08 Å². The number of aliphatic carboxylic acids is 1. The molecule has 0 radical (unpaired) electrons. The van der Waals surface area contributed by atoms with Gasteiger partial charge in [0.1, 0.15) is 5.75 Å². The molecule has 15 heavy (non-hydrogen) atoms. The van der Waals surface area contributed by atoms with Gasteiger partial charge >= 0.3 is 5.97 Å². The lowest BCUT2D eigenvalue weighted by Gasteiger charge is -2.07. The van der Waals surface area contributed by atoms with Crippen molar-refractivity contribution in [1.82, 2.24) is 0 Å². The molecule has 1 aromatic rings. The van der Waals surface area contributed by atoms with E-state index in [0.717, 1.165) is 21.7 Å². The van der Waals surface area contributed by atoms with Gasteiger partial charge in [-0.2, -0.15) is 0 Å². The largest absolute Gasteiger partial charge is 0.496 e. The van der Waals surface area contributed by atoms with Crippen molar-refractivity contribution in [3.05, 3.63) is 33.8 Å². The molecular formula is C11H11BrO3. The lowest BCUT2D eigenvalue weighted by molar-refractivity contribution is -0.131. The van der Waals surface area contributed by atoms with Crippen LogP contribution in [0.4, 0.5) is 0 Å². The molecule has 0 bridgehead atoms. The summed E-state index contributed by atoms with van der Waals surface area (Å²) in [7, 11) is 1.57. The molecular weight excluding hydrogens is 260 g/mol. The molecule has 0 unspecified atom stereocenters. The summed E-state index contributed by atoms with van der Waals surface area (Å²) in [6.07, 6.45) is 2.66. The number of benzene rings is 1. The van der Waals surface area contributed by atoms with E-state index in [2.05, 4.69) is 15.9 Å². The van der Waals surface area contributed by atoms with Crippen molar-refractivity contribution in [1.29, 1.82) is 0 Å². The maximum Gasteiger partial charge on any atom is 0.328 e. The van der Waals surface area contributed by atoms with E-state index in [1.165, 1.54) is 0 Å². The second kappa shape index (κ2) is 4.98. The second-order valence-electron chi connectivity index (χ2n) is 3.01. The van der Waals surface area contributed by atoms with Gasteiger partial charge in [-0.25, -0.2) is 4.79 Å². The van der Waals surface area contributed by atoms with Gasteiger partial charge in [-0.15, -0.1) is 0 Å². The minimum Gasteiger partial charge on any atom is -0.496 e. The zero-order valence-electron chi connectivity index (χ0n) is 8.45. The predicted octanol–water partition coefficient (Wildman–Crippen LogP) is 2.86. The van der Waals surface area contributed by atoms with Gasteiger partial charge in [0.25, 0.3) is 0 Å². The predicted molar refractivity (Wildman–Crippen MR) is 62.1 cm³/mol. The molecule has 0 aliphatic rings. The molecule has 3 nitrogen and oxygen atoms in total. The van der Waals surface area contributed by atoms with Gasteiger partial charge in [-0.1, -0.05) is 0 Å². The Bertz CT molecular complexity index is 411. The van der Waals surface area contributed by atoms with Crippen LogP contribution in [0.5, 0.6) is 5.75 Å². The fraction of sp³-hybridized carbons (Fsp3) is 0.182. The molecule has 0 saturated heterocycles. The van der Waals surface area contributed by atoms with E-state index in [9.17, 15) is 4.79 Å². The number of aryl methyl sites for hydroxylation is 1. The van der Waals surface area contributed by atoms with Crippen LogP contribution in [0.3, 0.4) is 0 Å². The topological polar surface area (TPSA) is 46.5 Å². The Morgan fingerprint density at radius 2 is 2.20 bits per heavy atom. The first kappa shape index (κ1) is 11.8. The summed E-state index contributed by atoms with van der Waals surface area (Å²) in [5.74, 6) is -0.276. The SMILES string of the molecule is COc1cc(/C=C/C(=O)O)c(C)cc1Br. The third-order valence-electron chi connectivity index (χ3n) is 1.95. The fourth-order valence-electron chi connectivity index (χ4n) is 1.17. The highest BCUT2D eigenvalue weighted by Gasteiger charge is 2.03. The Kier molecular flexibility index (Phi) is 3.91. The van der Waals surface area contributed by atoms with E-state index >= 15 is 0 Å². The summed E-state index contributed by atoms with van der Waals surface area (Å²) in [6.45, 7) is 1.91. The third-order valence-corrected chi connectivity index (χ3v) is 2.57. The molecule has 0 atom stereocenters. The van der Waals surface area contributed by atoms with Crippen LogP contribution in [-0.2, 0) is 4.79 Å². The van der Waals surface area contributed by atoms with Crippen LogP contribution in [0.15, 0.2) is 22.7 Å². The summed E-state index contributed by atoms with van der Waals surface area (Å²) in [4.78, 5) is 10.4. The molecule has 4 heteroatoms. The Labute approximate surface area is 96.5 Å². The average molecular weight is 271 g/mol. The molecule has 1 rings (SSSR count). The highest BCUT2D eigenvalue weighted by atomic mass is 79.9. The lowest BCUT2D eigenvalue weighted by Crippen LogP contribution is -1.90. The van der Waals surface area contributed by atoms with E-state index < -0.39 is 5.97 Å². The normalized spacial score (nSPS) is 10.6. The number of hydrogen-bond donors (Lipinski definition) is 1. The average Bonchev–Trinajstić information content (AvgIpc) is 2.16. The number of hydrogen-bond acceptors (Lipinski definition) is 2. The van der Waals surface area contributed by atoms with Gasteiger partial charge in [0.15, 0.2) is 0 Å². The van der Waals surface area contributed by atoms with Crippen molar-refractivity contribution in [2.75, 3.05) is 7.11 Å². The zero-order chi connectivity index (χ0) is 11.4. The molecule has 1 N–H and O–H groups in total. The summed E-state index contributed by atoms with van der Waals surface area (Å²) in [5, 5.41) is 8.52. The van der Waals surface area contributed by atoms with Crippen LogP contribution in [-0.4, -0.2) is 18.2 Å². The summed E-state index contributed by atoms with van der Waals surface area (Å²) >= 11 is 3.36. The highest BCUT2D eigenvalue weighted by molar-refractivity contribution is 9.10. The number of methoxy groups -OCH3 is 1. The monoisotopic (exact) mass is 270 g/mol. The van der Waals surface area contributed by atoms with Crippen LogP contribution in [0.2, 0.25) is 0 Å². The standard InChI is InChI=1S/C11H11BrO3/c1-7-5-9(12)10(15-2)6-8(7)3-4-11(13)14/h3-6H,1-2H3,(H,13,14)/b4-3+. The van der Waals surface area contributed by atoms with Gasteiger partial charge in [0.05, 0.1) is 11.6 Å². The molecule has 0 aliphatic carbocycles. The van der Waals surface area contributed by atoms with E-state index in [-0.39, 0.29) is 0 Å². The quantitative estimate of drug-likeness (QED) is 0.860. The van der Waals surface area contributed by atoms with E-state index in [1.54, 1.807) is 19.3 Å². The molecule has 80 valence electrons. The first-order valence-corrected chi connectivity index (χ1v) is 5.09. The summed E-state index contributed by atoms with van der Waals surface area (Å²) in [6, 6.07) is 3.68. The lowest BCUT2D eigenvalue weighted by atomic mass is 10.1. The number of ether oxygens (including phenoxy) is 1. The summed E-state index contributed by atoms with van der Waals surface area (Å²) < 4.78 is 5.98. The number of halogens is 1. The van der Waals surface area contributed by atoms with Crippen molar-refractivity contribution in [3.8, 4) is 5.75 Å². The molecule has 0 aliphatic heterocycles. The Hall–Kier alpha value is -1.29. The van der Waals surface area contributed by atoms with Gasteiger partial charge < -0.3 is 9.84 Å². The van der Waals surface area contributed by atoms with Crippen molar-refractivity contribution < 1.29 is 14.6 Å². The van der Waals surface area contributed by atoms with E-state index in [1.807, 2.05) is 13.0 Å². The smallest absolute Gasteiger partial charge is 0.328 e. The Morgan fingerprint density at radius 1 is 1.53 bits per heavy atom. The summed E-state index contributed by atoms with van der Waals surface area (Å²) in [5.41, 5.74) is 1.82. The molecule has 0 fully saturated rings. The van der Waals surface area contributed by atoms with Crippen molar-refractivity contribution in [2.45, 2.75) is 6.92 Å².